The molecule has 4 rings (SSSR count). The topological polar surface area (TPSA) is 26.3 Å². The molecule has 2 unspecified atom stereocenters. The zero-order chi connectivity index (χ0) is 18.2. The lowest BCUT2D eigenvalue weighted by atomic mass is 9.80. The summed E-state index contributed by atoms with van der Waals surface area (Å²) in [6.45, 7) is 1.79. The summed E-state index contributed by atoms with van der Waals surface area (Å²) >= 11 is -2.38. The van der Waals surface area contributed by atoms with Gasteiger partial charge in [0.15, 0.2) is 16.7 Å². The average molecular weight is 380 g/mol. The fourth-order valence-corrected chi connectivity index (χ4v) is 6.03. The molecule has 25 heavy (non-hydrogen) atoms. The van der Waals surface area contributed by atoms with Gasteiger partial charge in [0.1, 0.15) is 0 Å². The Balaban J connectivity index is 1.73. The third-order valence-corrected chi connectivity index (χ3v) is 7.17. The zero-order valence-electron chi connectivity index (χ0n) is 13.4. The van der Waals surface area contributed by atoms with Gasteiger partial charge in [0.2, 0.25) is 0 Å². The van der Waals surface area contributed by atoms with E-state index in [1.165, 1.54) is 12.1 Å². The van der Waals surface area contributed by atoms with Crippen LogP contribution in [0.3, 0.4) is 0 Å². The number of benzene rings is 1. The predicted molar refractivity (Wildman–Crippen MR) is 80.2 cm³/mol. The first-order valence-corrected chi connectivity index (χ1v) is 9.29. The van der Waals surface area contributed by atoms with Gasteiger partial charge in [-0.2, -0.15) is 22.0 Å². The van der Waals surface area contributed by atoms with Crippen LogP contribution in [0.15, 0.2) is 29.2 Å². The first-order valence-electron chi connectivity index (χ1n) is 8.22. The highest BCUT2D eigenvalue weighted by molar-refractivity contribution is 7.80. The van der Waals surface area contributed by atoms with Gasteiger partial charge >= 0.3 is 12.1 Å². The second-order valence-electron chi connectivity index (χ2n) is 7.35. The van der Waals surface area contributed by atoms with Crippen molar-refractivity contribution in [1.82, 2.24) is 0 Å². The molecule has 0 radical (unpaired) electrons. The molecule has 3 fully saturated rings. The molecular weight excluding hydrogens is 363 g/mol. The van der Waals surface area contributed by atoms with Crippen molar-refractivity contribution in [2.24, 2.45) is 23.7 Å². The van der Waals surface area contributed by atoms with Crippen LogP contribution in [0.1, 0.15) is 24.8 Å². The Bertz CT molecular complexity index is 699. The third kappa shape index (κ3) is 2.25. The van der Waals surface area contributed by atoms with E-state index in [1.807, 2.05) is 0 Å². The number of aryl methyl sites for hydroxylation is 1. The molecule has 2 nitrogen and oxygen atoms in total. The van der Waals surface area contributed by atoms with Crippen LogP contribution in [-0.2, 0) is 15.3 Å². The van der Waals surface area contributed by atoms with E-state index in [9.17, 15) is 26.2 Å². The van der Waals surface area contributed by atoms with Crippen molar-refractivity contribution in [3.05, 3.63) is 29.8 Å². The van der Waals surface area contributed by atoms with E-state index < -0.39 is 40.6 Å². The molecule has 0 N–H and O–H groups in total. The van der Waals surface area contributed by atoms with Gasteiger partial charge in [-0.25, -0.2) is 4.21 Å². The number of rotatable bonds is 4. The van der Waals surface area contributed by atoms with Crippen LogP contribution in [0, 0.1) is 30.6 Å². The molecule has 138 valence electrons. The Kier molecular flexibility index (Phi) is 3.65. The van der Waals surface area contributed by atoms with Gasteiger partial charge < -0.3 is 0 Å². The fourth-order valence-electron chi connectivity index (χ4n) is 4.97. The van der Waals surface area contributed by atoms with Gasteiger partial charge in [-0.05, 0) is 62.0 Å². The lowest BCUT2D eigenvalue weighted by Gasteiger charge is -2.42. The van der Waals surface area contributed by atoms with Gasteiger partial charge in [-0.3, -0.25) is 4.18 Å². The summed E-state index contributed by atoms with van der Waals surface area (Å²) in [6.07, 6.45) is -4.53. The normalized spacial score (nSPS) is 37.8. The molecule has 3 saturated carbocycles. The van der Waals surface area contributed by atoms with E-state index in [0.717, 1.165) is 5.56 Å². The monoisotopic (exact) mass is 380 g/mol. The fraction of sp³-hybridized carbons (Fsp3) is 0.647. The summed E-state index contributed by atoms with van der Waals surface area (Å²) in [5.74, 6) is -7.15. The van der Waals surface area contributed by atoms with Crippen molar-refractivity contribution in [2.45, 2.75) is 48.8 Å². The van der Waals surface area contributed by atoms with Crippen molar-refractivity contribution in [2.75, 3.05) is 0 Å². The van der Waals surface area contributed by atoms with E-state index in [1.54, 1.807) is 19.1 Å². The number of halogens is 5. The number of fused-ring (bicyclic) bond motifs is 5. The number of hydrogen-bond acceptors (Lipinski definition) is 2. The molecule has 6 atom stereocenters. The second kappa shape index (κ2) is 5.25. The van der Waals surface area contributed by atoms with Crippen molar-refractivity contribution < 1.29 is 30.3 Å². The van der Waals surface area contributed by atoms with Gasteiger partial charge in [0, 0.05) is 0 Å². The number of alkyl halides is 5. The Morgan fingerprint density at radius 1 is 1.04 bits per heavy atom. The number of hydrogen-bond donors (Lipinski definition) is 0. The van der Waals surface area contributed by atoms with Gasteiger partial charge in [0.25, 0.3) is 0 Å². The Morgan fingerprint density at radius 3 is 2.04 bits per heavy atom. The molecule has 0 saturated heterocycles. The molecule has 0 heterocycles. The van der Waals surface area contributed by atoms with E-state index in [-0.39, 0.29) is 29.6 Å². The Morgan fingerprint density at radius 2 is 1.56 bits per heavy atom. The van der Waals surface area contributed by atoms with Crippen molar-refractivity contribution >= 4 is 11.1 Å². The molecule has 0 amide bonds. The summed E-state index contributed by atoms with van der Waals surface area (Å²) in [7, 11) is 0. The van der Waals surface area contributed by atoms with E-state index in [2.05, 4.69) is 0 Å². The highest BCUT2D eigenvalue weighted by atomic mass is 32.2. The highest BCUT2D eigenvalue weighted by Gasteiger charge is 2.85. The molecule has 8 heteroatoms. The molecule has 0 aromatic heterocycles. The lowest BCUT2D eigenvalue weighted by Crippen LogP contribution is -2.62. The van der Waals surface area contributed by atoms with Crippen LogP contribution in [0.25, 0.3) is 0 Å². The minimum absolute atomic E-state index is 0.0999. The van der Waals surface area contributed by atoms with Crippen LogP contribution in [0.4, 0.5) is 22.0 Å². The van der Waals surface area contributed by atoms with Crippen LogP contribution in [-0.4, -0.2) is 21.9 Å². The summed E-state index contributed by atoms with van der Waals surface area (Å²) < 4.78 is 86.6. The SMILES string of the molecule is Cc1ccc(S(=O)OC2(C(F)(F)C(F)(F)F)[C@@H]3CC[C@H]2[C@H]2C[C@H]23)cc1. The maximum Gasteiger partial charge on any atom is 0.456 e. The molecule has 1 aromatic rings. The van der Waals surface area contributed by atoms with Crippen molar-refractivity contribution in [1.29, 1.82) is 0 Å². The minimum atomic E-state index is -5.73. The van der Waals surface area contributed by atoms with E-state index in [4.69, 9.17) is 4.18 Å². The molecule has 1 aromatic carbocycles. The molecule has 0 spiro atoms. The maximum absolute atomic E-state index is 14.6. The summed E-state index contributed by atoms with van der Waals surface area (Å²) in [5.41, 5.74) is -1.85. The molecule has 3 aliphatic rings. The molecule has 3 aliphatic carbocycles. The second-order valence-corrected chi connectivity index (χ2v) is 8.46. The Labute approximate surface area is 144 Å². The first-order chi connectivity index (χ1) is 11.6. The maximum atomic E-state index is 14.6. The smallest absolute Gasteiger partial charge is 0.273 e. The zero-order valence-corrected chi connectivity index (χ0v) is 14.2. The van der Waals surface area contributed by atoms with E-state index >= 15 is 0 Å². The largest absolute Gasteiger partial charge is 0.456 e. The quantitative estimate of drug-likeness (QED) is 0.711. The van der Waals surface area contributed by atoms with Crippen LogP contribution >= 0.6 is 0 Å². The summed E-state index contributed by atoms with van der Waals surface area (Å²) in [4.78, 5) is 0.0999. The van der Waals surface area contributed by atoms with Crippen LogP contribution < -0.4 is 0 Å². The molecule has 0 aliphatic heterocycles. The van der Waals surface area contributed by atoms with E-state index in [0.29, 0.717) is 6.42 Å². The average Bonchev–Trinajstić information content (AvgIpc) is 3.19. The lowest BCUT2D eigenvalue weighted by molar-refractivity contribution is -0.346. The molecular formula is C17H17F5O2S. The van der Waals surface area contributed by atoms with Crippen molar-refractivity contribution in [3.63, 3.8) is 0 Å². The highest BCUT2D eigenvalue weighted by Crippen LogP contribution is 2.75. The molecule has 2 bridgehead atoms. The Hall–Kier alpha value is -1.02. The standard InChI is InChI=1S/C17H17F5O2S/c1-9-2-4-10(5-3-9)25(23)24-15(16(18,19)17(20,21)22)13-6-7-14(15)12-8-11(12)13/h2-5,11-14H,6-8H2,1H3/t11-,12+,13-,14+,15?,25?. The van der Waals surface area contributed by atoms with Gasteiger partial charge in [-0.15, -0.1) is 0 Å². The van der Waals surface area contributed by atoms with Gasteiger partial charge in [0.05, 0.1) is 4.90 Å². The third-order valence-electron chi connectivity index (χ3n) is 6.09. The van der Waals surface area contributed by atoms with Crippen molar-refractivity contribution in [3.8, 4) is 0 Å². The van der Waals surface area contributed by atoms with Gasteiger partial charge in [-0.1, -0.05) is 17.7 Å². The minimum Gasteiger partial charge on any atom is -0.273 e. The predicted octanol–water partition coefficient (Wildman–Crippen LogP) is 4.65. The van der Waals surface area contributed by atoms with Crippen LogP contribution in [0.2, 0.25) is 0 Å². The first kappa shape index (κ1) is 17.4. The summed E-state index contributed by atoms with van der Waals surface area (Å²) in [6, 6.07) is 6.10. The summed E-state index contributed by atoms with van der Waals surface area (Å²) in [5, 5.41) is 0. The van der Waals surface area contributed by atoms with Crippen LogP contribution in [0.5, 0.6) is 0 Å².